The van der Waals surface area contributed by atoms with E-state index in [0.29, 0.717) is 33.4 Å². The molecule has 2 N–H and O–H groups in total. The molecular formula is C13H14Cl2N4OS. The van der Waals surface area contributed by atoms with E-state index in [1.165, 1.54) is 12.8 Å². The number of nitrogens with one attached hydrogen (secondary N) is 2. The molecule has 2 aliphatic rings. The summed E-state index contributed by atoms with van der Waals surface area (Å²) in [5.41, 5.74) is 0.686. The van der Waals surface area contributed by atoms with Crippen molar-refractivity contribution in [2.45, 2.75) is 31.7 Å². The third kappa shape index (κ3) is 3.75. The van der Waals surface area contributed by atoms with E-state index in [2.05, 4.69) is 19.4 Å². The molecule has 1 aromatic carbocycles. The summed E-state index contributed by atoms with van der Waals surface area (Å²) < 4.78 is 19.6. The highest BCUT2D eigenvalue weighted by molar-refractivity contribution is 7.83. The van der Waals surface area contributed by atoms with Crippen molar-refractivity contribution >= 4 is 51.7 Å². The number of nitrogens with zero attached hydrogens (tertiary/aromatic N) is 2. The fraction of sp³-hybridized carbons (Fsp3) is 0.385. The quantitative estimate of drug-likeness (QED) is 0.864. The second kappa shape index (κ2) is 6.34. The topological polar surface area (TPSA) is 65.8 Å². The summed E-state index contributed by atoms with van der Waals surface area (Å²) in [6.07, 6.45) is 4.61. The minimum Gasteiger partial charge on any atom is -0.364 e. The van der Waals surface area contributed by atoms with Gasteiger partial charge in [-0.05, 0) is 31.0 Å². The van der Waals surface area contributed by atoms with E-state index < -0.39 is 11.2 Å². The smallest absolute Gasteiger partial charge is 0.269 e. The average molecular weight is 345 g/mol. The molecule has 0 radical (unpaired) electrons. The van der Waals surface area contributed by atoms with Crippen LogP contribution in [0.2, 0.25) is 10.0 Å². The zero-order valence-electron chi connectivity index (χ0n) is 11.1. The van der Waals surface area contributed by atoms with Gasteiger partial charge in [-0.25, -0.2) is 4.21 Å². The number of hydrogen-bond donors (Lipinski definition) is 2. The summed E-state index contributed by atoms with van der Waals surface area (Å²) in [5, 5.41) is 7.42. The van der Waals surface area contributed by atoms with E-state index >= 15 is 0 Å². The van der Waals surface area contributed by atoms with Crippen LogP contribution in [-0.2, 0) is 11.2 Å². The van der Waals surface area contributed by atoms with E-state index in [9.17, 15) is 4.21 Å². The van der Waals surface area contributed by atoms with Crippen LogP contribution >= 0.6 is 23.2 Å². The van der Waals surface area contributed by atoms with Gasteiger partial charge in [0.05, 0.1) is 0 Å². The summed E-state index contributed by atoms with van der Waals surface area (Å²) >= 11 is 10.4. The van der Waals surface area contributed by atoms with Crippen LogP contribution in [0.4, 0.5) is 5.69 Å². The second-order valence-corrected chi connectivity index (χ2v) is 6.72. The molecule has 0 aromatic heterocycles. The number of anilines is 1. The Morgan fingerprint density at radius 3 is 2.33 bits per heavy atom. The fourth-order valence-electron chi connectivity index (χ4n) is 2.47. The Balaban J connectivity index is 1.75. The van der Waals surface area contributed by atoms with Crippen molar-refractivity contribution in [3.63, 3.8) is 0 Å². The van der Waals surface area contributed by atoms with E-state index in [-0.39, 0.29) is 0 Å². The summed E-state index contributed by atoms with van der Waals surface area (Å²) in [4.78, 5) is 0. The first kappa shape index (κ1) is 14.8. The Bertz CT molecular complexity index is 621. The molecule has 1 aliphatic heterocycles. The van der Waals surface area contributed by atoms with Crippen molar-refractivity contribution in [3.05, 3.63) is 28.2 Å². The number of rotatable bonds is 2. The van der Waals surface area contributed by atoms with E-state index in [1.807, 2.05) is 0 Å². The predicted molar refractivity (Wildman–Crippen MR) is 88.5 cm³/mol. The molecule has 21 heavy (non-hydrogen) atoms. The molecule has 1 aliphatic carbocycles. The van der Waals surface area contributed by atoms with Crippen LogP contribution in [0.15, 0.2) is 27.0 Å². The third-order valence-electron chi connectivity index (χ3n) is 3.38. The lowest BCUT2D eigenvalue weighted by atomic mass is 10.2. The Hall–Kier alpha value is -1.11. The van der Waals surface area contributed by atoms with Gasteiger partial charge in [-0.15, -0.1) is 8.80 Å². The lowest BCUT2D eigenvalue weighted by Gasteiger charge is -2.15. The van der Waals surface area contributed by atoms with Gasteiger partial charge in [-0.1, -0.05) is 36.0 Å². The van der Waals surface area contributed by atoms with Crippen molar-refractivity contribution < 1.29 is 4.21 Å². The first-order valence-corrected chi connectivity index (χ1v) is 8.51. The van der Waals surface area contributed by atoms with Crippen molar-refractivity contribution in [3.8, 4) is 0 Å². The Kier molecular flexibility index (Phi) is 4.47. The Labute approximate surface area is 135 Å². The Morgan fingerprint density at radius 2 is 1.67 bits per heavy atom. The predicted octanol–water partition coefficient (Wildman–Crippen LogP) is 3.33. The fourth-order valence-corrected chi connectivity index (χ4v) is 3.62. The van der Waals surface area contributed by atoms with Crippen molar-refractivity contribution in [2.24, 2.45) is 8.80 Å². The van der Waals surface area contributed by atoms with Crippen LogP contribution in [0, 0.1) is 0 Å². The summed E-state index contributed by atoms with van der Waals surface area (Å²) in [6, 6.07) is 5.47. The van der Waals surface area contributed by atoms with Crippen LogP contribution in [-0.4, -0.2) is 21.9 Å². The molecule has 0 amide bonds. The maximum absolute atomic E-state index is 11.6. The van der Waals surface area contributed by atoms with Crippen molar-refractivity contribution in [1.29, 1.82) is 0 Å². The minimum atomic E-state index is -1.58. The summed E-state index contributed by atoms with van der Waals surface area (Å²) in [5.74, 6) is 0.995. The van der Waals surface area contributed by atoms with Gasteiger partial charge >= 0.3 is 0 Å². The molecule has 0 spiro atoms. The number of amidine groups is 2. The van der Waals surface area contributed by atoms with E-state index in [0.717, 1.165) is 12.8 Å². The molecular weight excluding hydrogens is 331 g/mol. The molecule has 3 rings (SSSR count). The average Bonchev–Trinajstić information content (AvgIpc) is 2.99. The van der Waals surface area contributed by atoms with Gasteiger partial charge < -0.3 is 10.6 Å². The van der Waals surface area contributed by atoms with Crippen LogP contribution in [0.5, 0.6) is 0 Å². The highest BCUT2D eigenvalue weighted by Crippen LogP contribution is 2.23. The molecule has 1 saturated carbocycles. The first-order chi connectivity index (χ1) is 10.1. The Morgan fingerprint density at radius 1 is 1.05 bits per heavy atom. The maximum atomic E-state index is 11.6. The molecule has 1 unspecified atom stereocenters. The molecule has 5 nitrogen and oxygen atoms in total. The normalized spacial score (nSPS) is 22.1. The van der Waals surface area contributed by atoms with Gasteiger partial charge in [0.2, 0.25) is 0 Å². The zero-order chi connectivity index (χ0) is 14.8. The van der Waals surface area contributed by atoms with E-state index in [4.69, 9.17) is 23.2 Å². The van der Waals surface area contributed by atoms with Gasteiger partial charge in [0.15, 0.2) is 11.7 Å². The first-order valence-electron chi connectivity index (χ1n) is 6.69. The maximum Gasteiger partial charge on any atom is 0.269 e. The lowest BCUT2D eigenvalue weighted by Crippen LogP contribution is -2.39. The standard InChI is InChI=1S/C13H14Cl2N4OS/c14-8-5-9(15)7-11(6-8)17-13-12(18-21(20)19-13)16-10-3-1-2-4-10/h5-7,10H,1-4H2,(H,16,18)(H,17,19). The van der Waals surface area contributed by atoms with Gasteiger partial charge in [0.25, 0.3) is 11.2 Å². The van der Waals surface area contributed by atoms with Crippen LogP contribution in [0.3, 0.4) is 0 Å². The zero-order valence-corrected chi connectivity index (χ0v) is 13.4. The number of halogens is 2. The van der Waals surface area contributed by atoms with Gasteiger partial charge in [0.1, 0.15) is 0 Å². The minimum absolute atomic E-state index is 0.369. The highest BCUT2D eigenvalue weighted by Gasteiger charge is 2.24. The van der Waals surface area contributed by atoms with Crippen LogP contribution < -0.4 is 10.6 Å². The number of hydrogen-bond acceptors (Lipinski definition) is 3. The molecule has 1 fully saturated rings. The van der Waals surface area contributed by atoms with Gasteiger partial charge in [-0.3, -0.25) is 0 Å². The molecule has 112 valence electrons. The monoisotopic (exact) mass is 344 g/mol. The van der Waals surface area contributed by atoms with Crippen LogP contribution in [0.25, 0.3) is 0 Å². The number of benzene rings is 1. The second-order valence-electron chi connectivity index (χ2n) is 5.02. The van der Waals surface area contributed by atoms with E-state index in [1.54, 1.807) is 18.2 Å². The summed E-state index contributed by atoms with van der Waals surface area (Å²) in [7, 11) is 0. The van der Waals surface area contributed by atoms with Crippen molar-refractivity contribution in [1.82, 2.24) is 5.32 Å². The molecule has 1 atom stereocenters. The third-order valence-corrected chi connectivity index (χ3v) is 4.50. The largest absolute Gasteiger partial charge is 0.364 e. The molecule has 1 aromatic rings. The lowest BCUT2D eigenvalue weighted by molar-refractivity contribution is 0.634. The molecule has 8 heteroatoms. The summed E-state index contributed by atoms with van der Waals surface area (Å²) in [6.45, 7) is 0. The molecule has 0 saturated heterocycles. The van der Waals surface area contributed by atoms with Crippen molar-refractivity contribution in [2.75, 3.05) is 5.32 Å². The molecule has 1 heterocycles. The highest BCUT2D eigenvalue weighted by atomic mass is 35.5. The van der Waals surface area contributed by atoms with Gasteiger partial charge in [-0.2, -0.15) is 0 Å². The SMILES string of the molecule is O=S1N=C(Nc2cc(Cl)cc(Cl)c2)C(NC2CCCC2)=N1. The molecule has 0 bridgehead atoms. The van der Waals surface area contributed by atoms with Gasteiger partial charge in [0, 0.05) is 21.8 Å². The van der Waals surface area contributed by atoms with Crippen LogP contribution in [0.1, 0.15) is 25.7 Å².